The zero-order chi connectivity index (χ0) is 23.5. The van der Waals surface area contributed by atoms with E-state index in [0.29, 0.717) is 12.1 Å². The smallest absolute Gasteiger partial charge is 0.387 e. The third-order valence-corrected chi connectivity index (χ3v) is 4.32. The first-order valence-electron chi connectivity index (χ1n) is 10.1. The molecule has 2 rings (SSSR count). The maximum absolute atomic E-state index is 12.5. The highest BCUT2D eigenvalue weighted by atomic mass is 19.3. The summed E-state index contributed by atoms with van der Waals surface area (Å²) in [6.07, 6.45) is 1.52. The average Bonchev–Trinajstić information content (AvgIpc) is 2.76. The van der Waals surface area contributed by atoms with Gasteiger partial charge in [0.2, 0.25) is 5.91 Å². The van der Waals surface area contributed by atoms with Gasteiger partial charge in [-0.1, -0.05) is 24.3 Å². The molecule has 0 unspecified atom stereocenters. The number of carbonyl (C=O) groups excluding carboxylic acids is 3. The van der Waals surface area contributed by atoms with Crippen molar-refractivity contribution in [3.63, 3.8) is 0 Å². The highest BCUT2D eigenvalue weighted by Crippen LogP contribution is 2.30. The molecule has 0 spiro atoms. The van der Waals surface area contributed by atoms with Gasteiger partial charge in [0.05, 0.1) is 12.2 Å². The lowest BCUT2D eigenvalue weighted by atomic mass is 10.1. The predicted molar refractivity (Wildman–Crippen MR) is 112 cm³/mol. The number of rotatable bonds is 12. The van der Waals surface area contributed by atoms with Gasteiger partial charge in [-0.15, -0.1) is 0 Å². The van der Waals surface area contributed by atoms with Crippen LogP contribution >= 0.6 is 0 Å². The third-order valence-electron chi connectivity index (χ3n) is 4.32. The van der Waals surface area contributed by atoms with Gasteiger partial charge in [0.1, 0.15) is 0 Å². The van der Waals surface area contributed by atoms with Crippen LogP contribution in [0, 0.1) is 0 Å². The van der Waals surface area contributed by atoms with Crippen molar-refractivity contribution in [2.45, 2.75) is 33.3 Å². The molecule has 0 aliphatic carbocycles. The summed E-state index contributed by atoms with van der Waals surface area (Å²) in [5, 5.41) is 2.72. The number of esters is 1. The molecule has 0 heterocycles. The Kier molecular flexibility index (Phi) is 9.59. The number of nitrogens with one attached hydrogen (secondary N) is 1. The van der Waals surface area contributed by atoms with Gasteiger partial charge in [0.25, 0.3) is 0 Å². The molecule has 2 aromatic carbocycles. The molecule has 172 valence electrons. The van der Waals surface area contributed by atoms with Crippen LogP contribution in [-0.2, 0) is 16.0 Å². The molecule has 9 heteroatoms. The minimum atomic E-state index is -3.03. The number of Topliss-reactive ketones (excluding diaryl/α,β-unsaturated/α-hetero) is 1. The van der Waals surface area contributed by atoms with E-state index in [2.05, 4.69) is 10.1 Å². The normalized spacial score (nSPS) is 10.5. The van der Waals surface area contributed by atoms with E-state index in [-0.39, 0.29) is 35.4 Å². The third kappa shape index (κ3) is 7.98. The fourth-order valence-corrected chi connectivity index (χ4v) is 2.81. The van der Waals surface area contributed by atoms with Gasteiger partial charge < -0.3 is 19.5 Å². The first-order chi connectivity index (χ1) is 15.3. The standard InChI is InChI=1S/C23H25F2NO6/c1-3-30-21-13-18(10-11-20(21)32-23(24)25)22(29)31-14-19(28)17-8-6-16(7-9-17)5-4-12-26-15(2)27/h6-11,13,23H,3-5,12,14H2,1-2H3,(H,26,27). The molecular weight excluding hydrogens is 424 g/mol. The lowest BCUT2D eigenvalue weighted by molar-refractivity contribution is -0.118. The van der Waals surface area contributed by atoms with E-state index < -0.39 is 19.2 Å². The van der Waals surface area contributed by atoms with Gasteiger partial charge >= 0.3 is 12.6 Å². The van der Waals surface area contributed by atoms with E-state index in [0.717, 1.165) is 18.4 Å². The summed E-state index contributed by atoms with van der Waals surface area (Å²) in [7, 11) is 0. The largest absolute Gasteiger partial charge is 0.490 e. The predicted octanol–water partition coefficient (Wildman–Crippen LogP) is 3.80. The van der Waals surface area contributed by atoms with Crippen molar-refractivity contribution in [1.82, 2.24) is 5.32 Å². The van der Waals surface area contributed by atoms with Crippen molar-refractivity contribution in [1.29, 1.82) is 0 Å². The van der Waals surface area contributed by atoms with Crippen LogP contribution in [0.2, 0.25) is 0 Å². The molecule has 0 radical (unpaired) electrons. The number of ketones is 1. The minimum absolute atomic E-state index is 0.0253. The second-order valence-electron chi connectivity index (χ2n) is 6.76. The number of alkyl halides is 2. The quantitative estimate of drug-likeness (QED) is 0.301. The molecule has 0 aliphatic heterocycles. The van der Waals surface area contributed by atoms with Gasteiger partial charge in [-0.25, -0.2) is 4.79 Å². The SMILES string of the molecule is CCOc1cc(C(=O)OCC(=O)c2ccc(CCCNC(C)=O)cc2)ccc1OC(F)F. The zero-order valence-electron chi connectivity index (χ0n) is 17.9. The molecule has 0 saturated carbocycles. The molecule has 32 heavy (non-hydrogen) atoms. The second-order valence-corrected chi connectivity index (χ2v) is 6.76. The summed E-state index contributed by atoms with van der Waals surface area (Å²) in [6.45, 7) is 0.367. The molecule has 0 aromatic heterocycles. The van der Waals surface area contributed by atoms with Gasteiger partial charge in [-0.3, -0.25) is 9.59 Å². The zero-order valence-corrected chi connectivity index (χ0v) is 17.9. The number of amides is 1. The Balaban J connectivity index is 1.91. The summed E-state index contributed by atoms with van der Waals surface area (Å²) in [6, 6.07) is 10.6. The Bertz CT molecular complexity index is 931. The summed E-state index contributed by atoms with van der Waals surface area (Å²) in [4.78, 5) is 35.4. The van der Waals surface area contributed by atoms with Crippen molar-refractivity contribution in [2.75, 3.05) is 19.8 Å². The summed E-state index contributed by atoms with van der Waals surface area (Å²) in [5.41, 5.74) is 1.44. The number of hydrogen-bond donors (Lipinski definition) is 1. The minimum Gasteiger partial charge on any atom is -0.490 e. The fraction of sp³-hybridized carbons (Fsp3) is 0.348. The number of carbonyl (C=O) groups is 3. The molecule has 0 atom stereocenters. The molecule has 0 fully saturated rings. The average molecular weight is 449 g/mol. The van der Waals surface area contributed by atoms with Crippen molar-refractivity contribution in [3.8, 4) is 11.5 Å². The summed E-state index contributed by atoms with van der Waals surface area (Å²) < 4.78 is 39.6. The van der Waals surface area contributed by atoms with Crippen molar-refractivity contribution in [2.24, 2.45) is 0 Å². The van der Waals surface area contributed by atoms with Crippen LogP contribution in [0.3, 0.4) is 0 Å². The van der Waals surface area contributed by atoms with Crippen LogP contribution in [0.15, 0.2) is 42.5 Å². The van der Waals surface area contributed by atoms with Crippen molar-refractivity contribution < 1.29 is 37.4 Å². The topological polar surface area (TPSA) is 90.9 Å². The number of aryl methyl sites for hydroxylation is 1. The molecule has 1 amide bonds. The van der Waals surface area contributed by atoms with Crippen LogP contribution in [0.25, 0.3) is 0 Å². The van der Waals surface area contributed by atoms with Crippen LogP contribution < -0.4 is 14.8 Å². The van der Waals surface area contributed by atoms with E-state index in [1.807, 2.05) is 0 Å². The van der Waals surface area contributed by atoms with E-state index >= 15 is 0 Å². The number of benzene rings is 2. The highest BCUT2D eigenvalue weighted by molar-refractivity contribution is 5.99. The van der Waals surface area contributed by atoms with E-state index in [1.54, 1.807) is 31.2 Å². The lowest BCUT2D eigenvalue weighted by Gasteiger charge is -2.12. The van der Waals surface area contributed by atoms with Crippen LogP contribution in [-0.4, -0.2) is 44.0 Å². The Morgan fingerprint density at radius 2 is 1.69 bits per heavy atom. The molecule has 7 nitrogen and oxygen atoms in total. The van der Waals surface area contributed by atoms with Crippen LogP contribution in [0.5, 0.6) is 11.5 Å². The summed E-state index contributed by atoms with van der Waals surface area (Å²) in [5.74, 6) is -1.48. The number of hydrogen-bond acceptors (Lipinski definition) is 6. The Morgan fingerprint density at radius 1 is 1.00 bits per heavy atom. The maximum Gasteiger partial charge on any atom is 0.387 e. The fourth-order valence-electron chi connectivity index (χ4n) is 2.81. The molecule has 0 aliphatic rings. The van der Waals surface area contributed by atoms with E-state index in [4.69, 9.17) is 9.47 Å². The molecule has 0 bridgehead atoms. The number of ether oxygens (including phenoxy) is 3. The lowest BCUT2D eigenvalue weighted by Crippen LogP contribution is -2.21. The van der Waals surface area contributed by atoms with Crippen molar-refractivity contribution >= 4 is 17.7 Å². The second kappa shape index (κ2) is 12.4. The van der Waals surface area contributed by atoms with Gasteiger partial charge in [0, 0.05) is 19.0 Å². The van der Waals surface area contributed by atoms with E-state index in [9.17, 15) is 23.2 Å². The van der Waals surface area contributed by atoms with Gasteiger partial charge in [-0.2, -0.15) is 8.78 Å². The number of halogens is 2. The summed E-state index contributed by atoms with van der Waals surface area (Å²) >= 11 is 0. The molecule has 0 saturated heterocycles. The first kappa shape index (κ1) is 24.8. The Hall–Kier alpha value is -3.49. The van der Waals surface area contributed by atoms with Crippen LogP contribution in [0.4, 0.5) is 8.78 Å². The van der Waals surface area contributed by atoms with Gasteiger partial charge in [0.15, 0.2) is 23.9 Å². The molecular formula is C23H25F2NO6. The Labute approximate surface area is 184 Å². The van der Waals surface area contributed by atoms with Crippen molar-refractivity contribution in [3.05, 3.63) is 59.2 Å². The molecule has 2 aromatic rings. The van der Waals surface area contributed by atoms with Crippen LogP contribution in [0.1, 0.15) is 46.5 Å². The highest BCUT2D eigenvalue weighted by Gasteiger charge is 2.17. The maximum atomic E-state index is 12.5. The van der Waals surface area contributed by atoms with Gasteiger partial charge in [-0.05, 0) is 43.5 Å². The van der Waals surface area contributed by atoms with E-state index in [1.165, 1.54) is 25.1 Å². The Morgan fingerprint density at radius 3 is 2.31 bits per heavy atom. The molecule has 1 N–H and O–H groups in total. The monoisotopic (exact) mass is 449 g/mol. The first-order valence-corrected chi connectivity index (χ1v) is 10.1.